The smallest absolute Gasteiger partial charge is 0.319 e. The Morgan fingerprint density at radius 3 is 2.59 bits per heavy atom. The Hall–Kier alpha value is -1.83. The van der Waals surface area contributed by atoms with E-state index in [0.29, 0.717) is 23.3 Å². The minimum absolute atomic E-state index is 0. The maximum Gasteiger partial charge on any atom is 0.319 e. The third-order valence-corrected chi connectivity index (χ3v) is 5.40. The van der Waals surface area contributed by atoms with Crippen molar-refractivity contribution in [2.24, 2.45) is 0 Å². The summed E-state index contributed by atoms with van der Waals surface area (Å²) in [5, 5.41) is 9.09. The van der Waals surface area contributed by atoms with Crippen molar-refractivity contribution in [3.05, 3.63) is 29.8 Å². The van der Waals surface area contributed by atoms with Gasteiger partial charge in [-0.15, -0.1) is 12.4 Å². The largest absolute Gasteiger partial charge is 0.337 e. The Bertz CT molecular complexity index is 676. The van der Waals surface area contributed by atoms with Crippen LogP contribution in [-0.4, -0.2) is 73.1 Å². The molecule has 3 N–H and O–H groups in total. The van der Waals surface area contributed by atoms with Gasteiger partial charge >= 0.3 is 6.03 Å². The molecule has 27 heavy (non-hydrogen) atoms. The standard InChI is InChI=1S/C19H27N5O2.ClH/c25-18(24-9-6-17(13-24)23-10-7-20-8-11-23)14-2-1-3-16(12-14)22-19(26)21-15-4-5-15;/h1-3,12,15,17,20H,4-11,13H2,(H2,21,22,26);1H. The van der Waals surface area contributed by atoms with Crippen LogP contribution in [0.3, 0.4) is 0 Å². The molecule has 3 fully saturated rings. The molecule has 3 amide bonds. The summed E-state index contributed by atoms with van der Waals surface area (Å²) in [4.78, 5) is 29.2. The van der Waals surface area contributed by atoms with Gasteiger partial charge in [-0.05, 0) is 37.5 Å². The molecule has 148 valence electrons. The summed E-state index contributed by atoms with van der Waals surface area (Å²) in [5.74, 6) is 0.0499. The van der Waals surface area contributed by atoms with E-state index in [0.717, 1.165) is 58.5 Å². The number of benzene rings is 1. The number of anilines is 1. The van der Waals surface area contributed by atoms with Gasteiger partial charge in [0.15, 0.2) is 0 Å². The molecule has 0 spiro atoms. The van der Waals surface area contributed by atoms with Crippen LogP contribution in [0.1, 0.15) is 29.6 Å². The lowest BCUT2D eigenvalue weighted by Gasteiger charge is -2.32. The monoisotopic (exact) mass is 393 g/mol. The molecule has 1 saturated carbocycles. The van der Waals surface area contributed by atoms with Crippen molar-refractivity contribution in [1.29, 1.82) is 0 Å². The zero-order chi connectivity index (χ0) is 17.9. The van der Waals surface area contributed by atoms with Crippen LogP contribution in [-0.2, 0) is 0 Å². The summed E-state index contributed by atoms with van der Waals surface area (Å²) < 4.78 is 0. The van der Waals surface area contributed by atoms with Crippen LogP contribution in [0.5, 0.6) is 0 Å². The predicted octanol–water partition coefficient (Wildman–Crippen LogP) is 1.51. The van der Waals surface area contributed by atoms with Crippen LogP contribution in [0.15, 0.2) is 24.3 Å². The summed E-state index contributed by atoms with van der Waals surface area (Å²) in [5.41, 5.74) is 1.29. The zero-order valence-corrected chi connectivity index (χ0v) is 16.3. The molecular formula is C19H28ClN5O2. The van der Waals surface area contributed by atoms with Crippen molar-refractivity contribution in [3.8, 4) is 0 Å². The number of hydrogen-bond donors (Lipinski definition) is 3. The molecule has 2 aliphatic heterocycles. The molecule has 1 atom stereocenters. The second-order valence-electron chi connectivity index (χ2n) is 7.43. The van der Waals surface area contributed by atoms with Crippen LogP contribution in [0.4, 0.5) is 10.5 Å². The first kappa shape index (κ1) is 19.9. The Morgan fingerprint density at radius 1 is 1.07 bits per heavy atom. The number of likely N-dealkylation sites (tertiary alicyclic amines) is 1. The molecule has 2 saturated heterocycles. The van der Waals surface area contributed by atoms with Gasteiger partial charge in [-0.2, -0.15) is 0 Å². The van der Waals surface area contributed by atoms with Crippen LogP contribution < -0.4 is 16.0 Å². The van der Waals surface area contributed by atoms with E-state index in [1.165, 1.54) is 0 Å². The summed E-state index contributed by atoms with van der Waals surface area (Å²) >= 11 is 0. The zero-order valence-electron chi connectivity index (χ0n) is 15.4. The minimum Gasteiger partial charge on any atom is -0.337 e. The molecule has 3 aliphatic rings. The SMILES string of the molecule is Cl.O=C(Nc1cccc(C(=O)N2CCC(N3CCNCC3)C2)c1)NC1CC1. The Morgan fingerprint density at radius 2 is 1.85 bits per heavy atom. The van der Waals surface area contributed by atoms with Gasteiger partial charge in [0.2, 0.25) is 0 Å². The molecule has 1 unspecified atom stereocenters. The number of urea groups is 1. The number of amides is 3. The topological polar surface area (TPSA) is 76.7 Å². The van der Waals surface area contributed by atoms with Gasteiger partial charge in [-0.1, -0.05) is 6.07 Å². The molecule has 1 aromatic carbocycles. The maximum atomic E-state index is 12.9. The van der Waals surface area contributed by atoms with E-state index >= 15 is 0 Å². The number of rotatable bonds is 4. The fourth-order valence-electron chi connectivity index (χ4n) is 3.76. The average Bonchev–Trinajstić information content (AvgIpc) is 3.33. The molecule has 8 heteroatoms. The molecule has 0 aromatic heterocycles. The minimum atomic E-state index is -0.197. The van der Waals surface area contributed by atoms with Crippen molar-refractivity contribution >= 4 is 30.0 Å². The number of halogens is 1. The Kier molecular flexibility index (Phi) is 6.57. The van der Waals surface area contributed by atoms with Crippen molar-refractivity contribution in [3.63, 3.8) is 0 Å². The number of nitrogens with zero attached hydrogens (tertiary/aromatic N) is 2. The fourth-order valence-corrected chi connectivity index (χ4v) is 3.76. The lowest BCUT2D eigenvalue weighted by Crippen LogP contribution is -2.49. The summed E-state index contributed by atoms with van der Waals surface area (Å²) in [6, 6.07) is 7.81. The number of carbonyl (C=O) groups excluding carboxylic acids is 2. The molecule has 0 radical (unpaired) electrons. The molecule has 1 aromatic rings. The van der Waals surface area contributed by atoms with Crippen LogP contribution in [0.2, 0.25) is 0 Å². The molecular weight excluding hydrogens is 366 g/mol. The first-order chi connectivity index (χ1) is 12.7. The average molecular weight is 394 g/mol. The van der Waals surface area contributed by atoms with Crippen LogP contribution in [0.25, 0.3) is 0 Å². The highest BCUT2D eigenvalue weighted by Gasteiger charge is 2.31. The lowest BCUT2D eigenvalue weighted by molar-refractivity contribution is 0.0773. The van der Waals surface area contributed by atoms with Crippen LogP contribution >= 0.6 is 12.4 Å². The van der Waals surface area contributed by atoms with Gasteiger partial charge < -0.3 is 20.9 Å². The first-order valence-electron chi connectivity index (χ1n) is 9.61. The number of carbonyl (C=O) groups is 2. The summed E-state index contributed by atoms with van der Waals surface area (Å²) in [7, 11) is 0. The van der Waals surface area contributed by atoms with Gasteiger partial charge in [0.05, 0.1) is 0 Å². The van der Waals surface area contributed by atoms with Gasteiger partial charge in [-0.25, -0.2) is 4.79 Å². The first-order valence-corrected chi connectivity index (χ1v) is 9.61. The molecule has 7 nitrogen and oxygen atoms in total. The molecule has 4 rings (SSSR count). The predicted molar refractivity (Wildman–Crippen MR) is 108 cm³/mol. The van der Waals surface area contributed by atoms with Crippen molar-refractivity contribution in [2.45, 2.75) is 31.3 Å². The maximum absolute atomic E-state index is 12.9. The molecule has 1 aliphatic carbocycles. The highest BCUT2D eigenvalue weighted by atomic mass is 35.5. The number of piperazine rings is 1. The molecule has 0 bridgehead atoms. The summed E-state index contributed by atoms with van der Waals surface area (Å²) in [6.07, 6.45) is 3.14. The molecule has 2 heterocycles. The van der Waals surface area contributed by atoms with Crippen molar-refractivity contribution < 1.29 is 9.59 Å². The van der Waals surface area contributed by atoms with Crippen molar-refractivity contribution in [2.75, 3.05) is 44.6 Å². The third-order valence-electron chi connectivity index (χ3n) is 5.40. The van der Waals surface area contributed by atoms with Gasteiger partial charge in [0.25, 0.3) is 5.91 Å². The Labute approximate surface area is 166 Å². The van der Waals surface area contributed by atoms with Gasteiger partial charge in [-0.3, -0.25) is 9.69 Å². The second-order valence-corrected chi connectivity index (χ2v) is 7.43. The van der Waals surface area contributed by atoms with E-state index in [1.54, 1.807) is 6.07 Å². The van der Waals surface area contributed by atoms with Gasteiger partial charge in [0.1, 0.15) is 0 Å². The fraction of sp³-hybridized carbons (Fsp3) is 0.579. The van der Waals surface area contributed by atoms with Gasteiger partial charge in [0, 0.05) is 62.6 Å². The quantitative estimate of drug-likeness (QED) is 0.724. The van der Waals surface area contributed by atoms with E-state index in [1.807, 2.05) is 23.1 Å². The van der Waals surface area contributed by atoms with E-state index < -0.39 is 0 Å². The summed E-state index contributed by atoms with van der Waals surface area (Å²) in [6.45, 7) is 5.76. The van der Waals surface area contributed by atoms with Crippen molar-refractivity contribution in [1.82, 2.24) is 20.4 Å². The second kappa shape index (κ2) is 8.91. The highest BCUT2D eigenvalue weighted by Crippen LogP contribution is 2.21. The highest BCUT2D eigenvalue weighted by molar-refractivity contribution is 5.97. The number of nitrogens with one attached hydrogen (secondary N) is 3. The van der Waals surface area contributed by atoms with E-state index in [9.17, 15) is 9.59 Å². The normalized spacial score (nSPS) is 22.8. The van der Waals surface area contributed by atoms with E-state index in [4.69, 9.17) is 0 Å². The Balaban J connectivity index is 0.00000210. The van der Waals surface area contributed by atoms with E-state index in [2.05, 4.69) is 20.9 Å². The third kappa shape index (κ3) is 5.12. The number of hydrogen-bond acceptors (Lipinski definition) is 4. The van der Waals surface area contributed by atoms with Crippen LogP contribution in [0, 0.1) is 0 Å². The lowest BCUT2D eigenvalue weighted by atomic mass is 10.1. The van der Waals surface area contributed by atoms with E-state index in [-0.39, 0.29) is 24.3 Å².